The zero-order valence-corrected chi connectivity index (χ0v) is 16.5. The van der Waals surface area contributed by atoms with E-state index in [1.165, 1.54) is 44.2 Å². The first kappa shape index (κ1) is 19.4. The van der Waals surface area contributed by atoms with Gasteiger partial charge in [-0.1, -0.05) is 27.5 Å². The van der Waals surface area contributed by atoms with E-state index in [9.17, 15) is 13.2 Å². The molecule has 0 saturated heterocycles. The molecule has 0 aliphatic rings. The van der Waals surface area contributed by atoms with E-state index in [0.29, 0.717) is 5.69 Å². The predicted molar refractivity (Wildman–Crippen MR) is 100 cm³/mol. The molecule has 8 heteroatoms. The highest BCUT2D eigenvalue weighted by molar-refractivity contribution is 9.10. The summed E-state index contributed by atoms with van der Waals surface area (Å²) in [6.45, 7) is 2.68. The normalized spacial score (nSPS) is 11.6. The minimum atomic E-state index is -3.92. The minimum absolute atomic E-state index is 0.0497. The fourth-order valence-corrected chi connectivity index (χ4v) is 3.86. The summed E-state index contributed by atoms with van der Waals surface area (Å²) in [6, 6.07) is 12.3. The smallest absolute Gasteiger partial charge is 0.245 e. The highest BCUT2D eigenvalue weighted by atomic mass is 79.9. The number of nitriles is 1. The highest BCUT2D eigenvalue weighted by Gasteiger charge is 2.42. The molecular formula is C17H14BrClN2O3S. The minimum Gasteiger partial charge on any atom is -0.325 e. The van der Waals surface area contributed by atoms with E-state index in [2.05, 4.69) is 21.2 Å². The van der Waals surface area contributed by atoms with Gasteiger partial charge in [-0.15, -0.1) is 0 Å². The number of carbonyl (C=O) groups excluding carboxylic acids is 1. The van der Waals surface area contributed by atoms with Crippen molar-refractivity contribution in [2.75, 3.05) is 5.32 Å². The van der Waals surface area contributed by atoms with Crippen LogP contribution in [0, 0.1) is 11.3 Å². The van der Waals surface area contributed by atoms with Crippen LogP contribution in [-0.4, -0.2) is 19.1 Å². The van der Waals surface area contributed by atoms with Crippen molar-refractivity contribution < 1.29 is 13.2 Å². The molecule has 0 spiro atoms. The number of rotatable bonds is 4. The molecule has 0 aromatic heterocycles. The van der Waals surface area contributed by atoms with E-state index < -0.39 is 20.5 Å². The van der Waals surface area contributed by atoms with Crippen molar-refractivity contribution in [3.8, 4) is 6.07 Å². The number of benzene rings is 2. The van der Waals surface area contributed by atoms with Crippen LogP contribution < -0.4 is 5.32 Å². The molecule has 0 aliphatic heterocycles. The summed E-state index contributed by atoms with van der Waals surface area (Å²) in [5.41, 5.74) is 0.578. The topological polar surface area (TPSA) is 87.0 Å². The molecule has 1 N–H and O–H groups in total. The van der Waals surface area contributed by atoms with Crippen molar-refractivity contribution in [2.45, 2.75) is 23.5 Å². The van der Waals surface area contributed by atoms with Crippen LogP contribution in [-0.2, 0) is 14.6 Å². The van der Waals surface area contributed by atoms with Crippen molar-refractivity contribution in [3.63, 3.8) is 0 Å². The van der Waals surface area contributed by atoms with Gasteiger partial charge in [0.05, 0.1) is 15.5 Å². The molecule has 2 aromatic carbocycles. The second kappa shape index (κ2) is 7.16. The number of anilines is 1. The van der Waals surface area contributed by atoms with Gasteiger partial charge in [0, 0.05) is 10.2 Å². The summed E-state index contributed by atoms with van der Waals surface area (Å²) in [4.78, 5) is 12.6. The first-order chi connectivity index (χ1) is 11.6. The summed E-state index contributed by atoms with van der Waals surface area (Å²) in [5.74, 6) is -0.698. The van der Waals surface area contributed by atoms with Crippen LogP contribution in [0.5, 0.6) is 0 Å². The van der Waals surface area contributed by atoms with Gasteiger partial charge in [-0.25, -0.2) is 8.42 Å². The number of hydrogen-bond donors (Lipinski definition) is 1. The molecule has 0 bridgehead atoms. The summed E-state index contributed by atoms with van der Waals surface area (Å²) in [7, 11) is -3.92. The van der Waals surface area contributed by atoms with Gasteiger partial charge in [-0.3, -0.25) is 4.79 Å². The molecule has 0 atom stereocenters. The number of carbonyl (C=O) groups is 1. The Morgan fingerprint density at radius 3 is 2.32 bits per heavy atom. The third kappa shape index (κ3) is 3.87. The third-order valence-corrected chi connectivity index (χ3v) is 6.95. The van der Waals surface area contributed by atoms with Crippen LogP contribution in [0.25, 0.3) is 0 Å². The van der Waals surface area contributed by atoms with Crippen LogP contribution in [0.4, 0.5) is 5.69 Å². The monoisotopic (exact) mass is 440 g/mol. The Morgan fingerprint density at radius 2 is 1.80 bits per heavy atom. The molecule has 25 heavy (non-hydrogen) atoms. The fraction of sp³-hybridized carbons (Fsp3) is 0.176. The maximum atomic E-state index is 12.8. The largest absolute Gasteiger partial charge is 0.325 e. The van der Waals surface area contributed by atoms with Gasteiger partial charge in [0.15, 0.2) is 9.84 Å². The summed E-state index contributed by atoms with van der Waals surface area (Å²) >= 11 is 9.18. The average molecular weight is 442 g/mol. The second-order valence-electron chi connectivity index (χ2n) is 5.73. The van der Waals surface area contributed by atoms with Gasteiger partial charge >= 0.3 is 0 Å². The molecule has 2 aromatic rings. The first-order valence-electron chi connectivity index (χ1n) is 7.11. The van der Waals surface area contributed by atoms with E-state index in [1.54, 1.807) is 12.1 Å². The van der Waals surface area contributed by atoms with Crippen molar-refractivity contribution in [3.05, 3.63) is 57.5 Å². The van der Waals surface area contributed by atoms with Crippen LogP contribution in [0.15, 0.2) is 51.8 Å². The SMILES string of the molecule is CC(C)(C(=O)Nc1ccc(C#N)c(Cl)c1)S(=O)(=O)c1ccc(Br)cc1. The van der Waals surface area contributed by atoms with Gasteiger partial charge in [-0.2, -0.15) is 5.26 Å². The van der Waals surface area contributed by atoms with Gasteiger partial charge in [-0.05, 0) is 56.3 Å². The molecule has 0 heterocycles. The van der Waals surface area contributed by atoms with E-state index in [-0.39, 0.29) is 15.5 Å². The number of nitrogens with one attached hydrogen (secondary N) is 1. The predicted octanol–water partition coefficient (Wildman–Crippen LogP) is 4.17. The lowest BCUT2D eigenvalue weighted by molar-refractivity contribution is -0.117. The zero-order chi connectivity index (χ0) is 18.8. The van der Waals surface area contributed by atoms with Crippen molar-refractivity contribution >= 4 is 49.0 Å². The van der Waals surface area contributed by atoms with Crippen LogP contribution in [0.2, 0.25) is 5.02 Å². The molecular weight excluding hydrogens is 428 g/mol. The highest BCUT2D eigenvalue weighted by Crippen LogP contribution is 2.28. The molecule has 2 rings (SSSR count). The lowest BCUT2D eigenvalue weighted by Gasteiger charge is -2.24. The van der Waals surface area contributed by atoms with Crippen LogP contribution >= 0.6 is 27.5 Å². The van der Waals surface area contributed by atoms with E-state index in [0.717, 1.165) is 4.47 Å². The first-order valence-corrected chi connectivity index (χ1v) is 9.76. The quantitative estimate of drug-likeness (QED) is 0.771. The van der Waals surface area contributed by atoms with E-state index >= 15 is 0 Å². The Balaban J connectivity index is 2.32. The van der Waals surface area contributed by atoms with Crippen molar-refractivity contribution in [1.29, 1.82) is 5.26 Å². The molecule has 0 saturated carbocycles. The van der Waals surface area contributed by atoms with Gasteiger partial charge in [0.25, 0.3) is 0 Å². The molecule has 0 unspecified atom stereocenters. The Bertz CT molecular complexity index is 964. The standard InChI is InChI=1S/C17H14BrClN2O3S/c1-17(2,25(23,24)14-7-4-12(18)5-8-14)16(22)21-13-6-3-11(10-20)15(19)9-13/h3-9H,1-2H3,(H,21,22). The Labute approximate surface area is 159 Å². The molecule has 130 valence electrons. The Morgan fingerprint density at radius 1 is 1.20 bits per heavy atom. The molecule has 1 amide bonds. The number of halogens is 2. The van der Waals surface area contributed by atoms with Crippen LogP contribution in [0.1, 0.15) is 19.4 Å². The lowest BCUT2D eigenvalue weighted by atomic mass is 10.1. The fourth-order valence-electron chi connectivity index (χ4n) is 2.00. The number of sulfone groups is 1. The Kier molecular flexibility index (Phi) is 5.57. The lowest BCUT2D eigenvalue weighted by Crippen LogP contribution is -2.44. The Hall–Kier alpha value is -1.88. The van der Waals surface area contributed by atoms with Gasteiger partial charge in [0.2, 0.25) is 5.91 Å². The summed E-state index contributed by atoms with van der Waals surface area (Å²) < 4.78 is 24.7. The molecule has 0 fully saturated rings. The van der Waals surface area contributed by atoms with Gasteiger partial charge < -0.3 is 5.32 Å². The second-order valence-corrected chi connectivity index (χ2v) is 9.55. The molecule has 0 radical (unpaired) electrons. The number of hydrogen-bond acceptors (Lipinski definition) is 4. The maximum Gasteiger partial charge on any atom is 0.245 e. The van der Waals surface area contributed by atoms with Crippen molar-refractivity contribution in [1.82, 2.24) is 0 Å². The number of amides is 1. The molecule has 0 aliphatic carbocycles. The summed E-state index contributed by atoms with van der Waals surface area (Å²) in [5, 5.41) is 11.6. The average Bonchev–Trinajstić information content (AvgIpc) is 2.55. The van der Waals surface area contributed by atoms with E-state index in [1.807, 2.05) is 6.07 Å². The summed E-state index contributed by atoms with van der Waals surface area (Å²) in [6.07, 6.45) is 0. The zero-order valence-electron chi connectivity index (χ0n) is 13.4. The third-order valence-electron chi connectivity index (χ3n) is 3.69. The van der Waals surface area contributed by atoms with Crippen LogP contribution in [0.3, 0.4) is 0 Å². The maximum absolute atomic E-state index is 12.8. The molecule has 5 nitrogen and oxygen atoms in total. The van der Waals surface area contributed by atoms with Gasteiger partial charge in [0.1, 0.15) is 10.8 Å². The number of nitrogens with zero attached hydrogens (tertiary/aromatic N) is 1. The van der Waals surface area contributed by atoms with Crippen molar-refractivity contribution in [2.24, 2.45) is 0 Å². The van der Waals surface area contributed by atoms with E-state index in [4.69, 9.17) is 16.9 Å².